The van der Waals surface area contributed by atoms with Crippen molar-refractivity contribution in [1.29, 1.82) is 0 Å². The van der Waals surface area contributed by atoms with E-state index < -0.39 is 6.09 Å². The normalized spacial score (nSPS) is 9.95. The monoisotopic (exact) mass is 416 g/mol. The fourth-order valence-corrected chi connectivity index (χ4v) is 1.51. The van der Waals surface area contributed by atoms with E-state index in [0.717, 1.165) is 12.1 Å². The number of hydrogen-bond acceptors (Lipinski definition) is 3. The third kappa shape index (κ3) is 7.73. The number of nitrogens with zero attached hydrogens (tertiary/aromatic N) is 1. The van der Waals surface area contributed by atoms with Crippen LogP contribution in [0.1, 0.15) is 12.5 Å². The fraction of sp³-hybridized carbons (Fsp3) is 0.333. The molecule has 0 aromatic heterocycles. The average molecular weight is 416 g/mol. The number of benzene rings is 1. The Morgan fingerprint density at radius 1 is 1.32 bits per heavy atom. The highest BCUT2D eigenvalue weighted by Crippen LogP contribution is 2.10. The van der Waals surface area contributed by atoms with Gasteiger partial charge in [-0.1, -0.05) is 18.1 Å². The molecule has 0 fully saturated rings. The minimum absolute atomic E-state index is 0. The molecular weight excluding hydrogens is 395 g/mol. The van der Waals surface area contributed by atoms with E-state index in [4.69, 9.17) is 6.42 Å². The smallest absolute Gasteiger partial charge is 0.411 e. The molecule has 0 radical (unpaired) electrons. The second kappa shape index (κ2) is 11.7. The molecule has 0 aliphatic carbocycles. The van der Waals surface area contributed by atoms with E-state index in [1.54, 1.807) is 12.1 Å². The molecule has 1 aromatic rings. The summed E-state index contributed by atoms with van der Waals surface area (Å²) in [6, 6.07) is 7.37. The summed E-state index contributed by atoms with van der Waals surface area (Å²) in [6.45, 7) is 3.69. The quantitative estimate of drug-likeness (QED) is 0.298. The highest BCUT2D eigenvalue weighted by molar-refractivity contribution is 14.0. The number of halogens is 1. The minimum atomic E-state index is -0.492. The van der Waals surface area contributed by atoms with Crippen molar-refractivity contribution in [3.63, 3.8) is 0 Å². The molecule has 120 valence electrons. The molecule has 1 amide bonds. The predicted molar refractivity (Wildman–Crippen MR) is 99.5 cm³/mol. The van der Waals surface area contributed by atoms with Gasteiger partial charge in [0.25, 0.3) is 0 Å². The van der Waals surface area contributed by atoms with Gasteiger partial charge in [-0.3, -0.25) is 5.32 Å². The number of terminal acetylenes is 1. The number of carbonyl (C=O) groups is 1. The number of nitrogens with one attached hydrogen (secondary N) is 3. The molecule has 1 aromatic carbocycles. The molecule has 0 aliphatic rings. The standard InChI is InChI=1S/C15H20N4O2.HI/c1-4-10-17-14(16-5-2)18-11-12-6-8-13(9-7-12)19-15(20)21-3;/h1,6-9H,5,10-11H2,2-3H3,(H,19,20)(H2,16,17,18);1H. The number of anilines is 1. The molecule has 1 rings (SSSR count). The first-order valence-corrected chi connectivity index (χ1v) is 6.59. The summed E-state index contributed by atoms with van der Waals surface area (Å²) >= 11 is 0. The van der Waals surface area contributed by atoms with Gasteiger partial charge >= 0.3 is 6.09 Å². The van der Waals surface area contributed by atoms with E-state index in [1.165, 1.54) is 7.11 Å². The van der Waals surface area contributed by atoms with Gasteiger partial charge in [-0.15, -0.1) is 30.4 Å². The molecule has 0 saturated carbocycles. The zero-order valence-electron chi connectivity index (χ0n) is 12.7. The molecule has 0 atom stereocenters. The Hall–Kier alpha value is -1.95. The molecule has 0 saturated heterocycles. The van der Waals surface area contributed by atoms with Gasteiger partial charge in [-0.25, -0.2) is 9.79 Å². The van der Waals surface area contributed by atoms with Crippen LogP contribution in [0.3, 0.4) is 0 Å². The van der Waals surface area contributed by atoms with Crippen LogP contribution in [-0.4, -0.2) is 32.3 Å². The first kappa shape index (κ1) is 20.1. The van der Waals surface area contributed by atoms with E-state index >= 15 is 0 Å². The average Bonchev–Trinajstić information content (AvgIpc) is 2.51. The van der Waals surface area contributed by atoms with Gasteiger partial charge in [0.05, 0.1) is 20.2 Å². The van der Waals surface area contributed by atoms with Crippen molar-refractivity contribution in [3.05, 3.63) is 29.8 Å². The van der Waals surface area contributed by atoms with Gasteiger partial charge in [-0.05, 0) is 24.6 Å². The number of aliphatic imine (C=N–C) groups is 1. The number of amides is 1. The van der Waals surface area contributed by atoms with Crippen molar-refractivity contribution in [2.24, 2.45) is 4.99 Å². The zero-order chi connectivity index (χ0) is 15.5. The van der Waals surface area contributed by atoms with E-state index in [-0.39, 0.29) is 24.0 Å². The van der Waals surface area contributed by atoms with E-state index in [0.29, 0.717) is 24.7 Å². The van der Waals surface area contributed by atoms with Gasteiger partial charge in [0, 0.05) is 12.2 Å². The third-order valence-corrected chi connectivity index (χ3v) is 2.51. The SMILES string of the molecule is C#CCNC(=NCc1ccc(NC(=O)OC)cc1)NCC.I. The lowest BCUT2D eigenvalue weighted by molar-refractivity contribution is 0.187. The second-order valence-corrected chi connectivity index (χ2v) is 4.07. The Labute approximate surface area is 148 Å². The number of ether oxygens (including phenoxy) is 1. The largest absolute Gasteiger partial charge is 0.453 e. The number of carbonyl (C=O) groups excluding carboxylic acids is 1. The van der Waals surface area contributed by atoms with Gasteiger partial charge in [0.2, 0.25) is 0 Å². The molecule has 0 unspecified atom stereocenters. The highest BCUT2D eigenvalue weighted by atomic mass is 127. The van der Waals surface area contributed by atoms with Gasteiger partial charge < -0.3 is 15.4 Å². The van der Waals surface area contributed by atoms with Crippen LogP contribution in [0.25, 0.3) is 0 Å². The zero-order valence-corrected chi connectivity index (χ0v) is 15.0. The maximum atomic E-state index is 11.1. The molecule has 6 nitrogen and oxygen atoms in total. The van der Waals surface area contributed by atoms with Crippen LogP contribution in [0.2, 0.25) is 0 Å². The Morgan fingerprint density at radius 2 is 2.00 bits per heavy atom. The van der Waals surface area contributed by atoms with Crippen molar-refractivity contribution in [2.75, 3.05) is 25.5 Å². The Morgan fingerprint density at radius 3 is 2.55 bits per heavy atom. The lowest BCUT2D eigenvalue weighted by atomic mass is 10.2. The first-order chi connectivity index (χ1) is 10.2. The van der Waals surface area contributed by atoms with Gasteiger partial charge in [-0.2, -0.15) is 0 Å². The molecule has 0 aliphatic heterocycles. The summed E-state index contributed by atoms with van der Waals surface area (Å²) < 4.78 is 4.52. The maximum absolute atomic E-state index is 11.1. The van der Waals surface area contributed by atoms with E-state index in [2.05, 4.69) is 31.6 Å². The maximum Gasteiger partial charge on any atom is 0.411 e. The van der Waals surface area contributed by atoms with Crippen LogP contribution in [0.4, 0.5) is 10.5 Å². The van der Waals surface area contributed by atoms with Crippen LogP contribution in [-0.2, 0) is 11.3 Å². The summed E-state index contributed by atoms with van der Waals surface area (Å²) in [6.07, 6.45) is 4.72. The topological polar surface area (TPSA) is 74.8 Å². The molecule has 7 heteroatoms. The molecule has 3 N–H and O–H groups in total. The molecule has 0 heterocycles. The van der Waals surface area contributed by atoms with Crippen molar-refractivity contribution < 1.29 is 9.53 Å². The lowest BCUT2D eigenvalue weighted by Gasteiger charge is -2.09. The summed E-state index contributed by atoms with van der Waals surface area (Å²) in [5.41, 5.74) is 1.69. The van der Waals surface area contributed by atoms with Crippen molar-refractivity contribution >= 4 is 41.7 Å². The van der Waals surface area contributed by atoms with Crippen LogP contribution >= 0.6 is 24.0 Å². The third-order valence-electron chi connectivity index (χ3n) is 2.51. The van der Waals surface area contributed by atoms with E-state index in [1.807, 2.05) is 19.1 Å². The predicted octanol–water partition coefficient (Wildman–Crippen LogP) is 2.17. The summed E-state index contributed by atoms with van der Waals surface area (Å²) in [5, 5.41) is 8.71. The van der Waals surface area contributed by atoms with Crippen LogP contribution in [0.15, 0.2) is 29.3 Å². The number of guanidine groups is 1. The summed E-state index contributed by atoms with van der Waals surface area (Å²) in [5.74, 6) is 3.18. The number of hydrogen-bond donors (Lipinski definition) is 3. The van der Waals surface area contributed by atoms with Crippen LogP contribution in [0, 0.1) is 12.3 Å². The Balaban J connectivity index is 0.00000441. The molecule has 0 spiro atoms. The minimum Gasteiger partial charge on any atom is -0.453 e. The number of rotatable bonds is 5. The molecular formula is C15H21IN4O2. The summed E-state index contributed by atoms with van der Waals surface area (Å²) in [7, 11) is 1.32. The molecule has 0 bridgehead atoms. The van der Waals surface area contributed by atoms with Gasteiger partial charge in [0.15, 0.2) is 5.96 Å². The first-order valence-electron chi connectivity index (χ1n) is 6.59. The van der Waals surface area contributed by atoms with Crippen LogP contribution in [0.5, 0.6) is 0 Å². The Bertz CT molecular complexity index is 523. The fourth-order valence-electron chi connectivity index (χ4n) is 1.51. The van der Waals surface area contributed by atoms with E-state index in [9.17, 15) is 4.79 Å². The summed E-state index contributed by atoms with van der Waals surface area (Å²) in [4.78, 5) is 15.5. The molecule has 22 heavy (non-hydrogen) atoms. The number of methoxy groups -OCH3 is 1. The second-order valence-electron chi connectivity index (χ2n) is 4.07. The lowest BCUT2D eigenvalue weighted by Crippen LogP contribution is -2.37. The Kier molecular flexibility index (Phi) is 10.6. The van der Waals surface area contributed by atoms with Crippen molar-refractivity contribution in [3.8, 4) is 12.3 Å². The van der Waals surface area contributed by atoms with Crippen molar-refractivity contribution in [1.82, 2.24) is 10.6 Å². The highest BCUT2D eigenvalue weighted by Gasteiger charge is 2.00. The van der Waals surface area contributed by atoms with Crippen molar-refractivity contribution in [2.45, 2.75) is 13.5 Å². The van der Waals surface area contributed by atoms with Crippen LogP contribution < -0.4 is 16.0 Å². The van der Waals surface area contributed by atoms with Gasteiger partial charge in [0.1, 0.15) is 0 Å².